The van der Waals surface area contributed by atoms with Gasteiger partial charge in [-0.25, -0.2) is 0 Å². The summed E-state index contributed by atoms with van der Waals surface area (Å²) in [6.45, 7) is 5.16. The number of piperidine rings is 1. The maximum atomic E-state index is 11.9. The molecule has 1 heterocycles. The molecule has 0 aromatic heterocycles. The zero-order chi connectivity index (χ0) is 12.0. The van der Waals surface area contributed by atoms with Gasteiger partial charge in [0.2, 0.25) is 5.91 Å². The Morgan fingerprint density at radius 2 is 2.38 bits per heavy atom. The maximum absolute atomic E-state index is 11.9. The van der Waals surface area contributed by atoms with Gasteiger partial charge < -0.3 is 15.7 Å². The average Bonchev–Trinajstić information content (AvgIpc) is 2.29. The van der Waals surface area contributed by atoms with Crippen LogP contribution in [-0.4, -0.2) is 36.2 Å². The van der Waals surface area contributed by atoms with Gasteiger partial charge in [-0.15, -0.1) is 0 Å². The SMILES string of the molecule is CCC1CCNC(C(=O)NC(C)CCO)C1. The van der Waals surface area contributed by atoms with E-state index < -0.39 is 0 Å². The minimum Gasteiger partial charge on any atom is -0.396 e. The normalized spacial score (nSPS) is 27.4. The molecular formula is C12H24N2O2. The molecule has 3 N–H and O–H groups in total. The van der Waals surface area contributed by atoms with Crippen LogP contribution in [0.1, 0.15) is 39.5 Å². The van der Waals surface area contributed by atoms with Crippen molar-refractivity contribution in [3.8, 4) is 0 Å². The summed E-state index contributed by atoms with van der Waals surface area (Å²) in [5.41, 5.74) is 0. The van der Waals surface area contributed by atoms with Crippen molar-refractivity contribution in [3.05, 3.63) is 0 Å². The lowest BCUT2D eigenvalue weighted by Gasteiger charge is -2.29. The summed E-state index contributed by atoms with van der Waals surface area (Å²) in [7, 11) is 0. The molecule has 94 valence electrons. The predicted octanol–water partition coefficient (Wildman–Crippen LogP) is 0.652. The second-order valence-electron chi connectivity index (χ2n) is 4.73. The van der Waals surface area contributed by atoms with E-state index in [4.69, 9.17) is 5.11 Å². The van der Waals surface area contributed by atoms with Crippen LogP contribution in [0.4, 0.5) is 0 Å². The Kier molecular flexibility index (Phi) is 5.77. The Labute approximate surface area is 97.8 Å². The van der Waals surface area contributed by atoms with E-state index >= 15 is 0 Å². The number of aliphatic hydroxyl groups is 1. The van der Waals surface area contributed by atoms with E-state index in [1.165, 1.54) is 6.42 Å². The van der Waals surface area contributed by atoms with E-state index in [1.54, 1.807) is 0 Å². The van der Waals surface area contributed by atoms with Crippen molar-refractivity contribution in [1.29, 1.82) is 0 Å². The molecule has 0 saturated carbocycles. The van der Waals surface area contributed by atoms with Crippen LogP contribution in [0.5, 0.6) is 0 Å². The van der Waals surface area contributed by atoms with Gasteiger partial charge in [0.05, 0.1) is 6.04 Å². The Morgan fingerprint density at radius 3 is 3.00 bits per heavy atom. The molecule has 1 aliphatic rings. The number of rotatable bonds is 5. The molecule has 0 radical (unpaired) electrons. The molecule has 1 aliphatic heterocycles. The quantitative estimate of drug-likeness (QED) is 0.647. The van der Waals surface area contributed by atoms with Crippen molar-refractivity contribution in [2.75, 3.05) is 13.2 Å². The summed E-state index contributed by atoms with van der Waals surface area (Å²) in [5, 5.41) is 15.0. The third-order valence-corrected chi connectivity index (χ3v) is 3.36. The predicted molar refractivity (Wildman–Crippen MR) is 64.1 cm³/mol. The van der Waals surface area contributed by atoms with Crippen LogP contribution in [0.25, 0.3) is 0 Å². The Hall–Kier alpha value is -0.610. The van der Waals surface area contributed by atoms with Crippen LogP contribution in [0.2, 0.25) is 0 Å². The lowest BCUT2D eigenvalue weighted by Crippen LogP contribution is -2.50. The first kappa shape index (κ1) is 13.5. The topological polar surface area (TPSA) is 61.4 Å². The van der Waals surface area contributed by atoms with Crippen LogP contribution < -0.4 is 10.6 Å². The number of hydrogen-bond donors (Lipinski definition) is 3. The number of carbonyl (C=O) groups is 1. The maximum Gasteiger partial charge on any atom is 0.237 e. The van der Waals surface area contributed by atoms with E-state index in [0.717, 1.165) is 19.4 Å². The Bertz CT molecular complexity index is 221. The fourth-order valence-corrected chi connectivity index (χ4v) is 2.18. The second kappa shape index (κ2) is 6.86. The fourth-order valence-electron chi connectivity index (χ4n) is 2.18. The average molecular weight is 228 g/mol. The second-order valence-corrected chi connectivity index (χ2v) is 4.73. The van der Waals surface area contributed by atoms with Gasteiger partial charge in [-0.1, -0.05) is 13.3 Å². The summed E-state index contributed by atoms with van der Waals surface area (Å²) < 4.78 is 0. The molecule has 1 rings (SSSR count). The van der Waals surface area contributed by atoms with Crippen molar-refractivity contribution >= 4 is 5.91 Å². The summed E-state index contributed by atoms with van der Waals surface area (Å²) in [6.07, 6.45) is 3.88. The largest absolute Gasteiger partial charge is 0.396 e. The summed E-state index contributed by atoms with van der Waals surface area (Å²) >= 11 is 0. The first-order chi connectivity index (χ1) is 7.67. The van der Waals surface area contributed by atoms with Gasteiger partial charge in [-0.2, -0.15) is 0 Å². The zero-order valence-electron chi connectivity index (χ0n) is 10.3. The van der Waals surface area contributed by atoms with E-state index in [-0.39, 0.29) is 24.6 Å². The minimum absolute atomic E-state index is 0.0418. The van der Waals surface area contributed by atoms with Gasteiger partial charge in [-0.05, 0) is 38.6 Å². The number of aliphatic hydroxyl groups excluding tert-OH is 1. The zero-order valence-corrected chi connectivity index (χ0v) is 10.3. The van der Waals surface area contributed by atoms with Gasteiger partial charge in [0.15, 0.2) is 0 Å². The number of carbonyl (C=O) groups excluding carboxylic acids is 1. The molecule has 3 unspecified atom stereocenters. The molecule has 4 heteroatoms. The van der Waals surface area contributed by atoms with Gasteiger partial charge in [0, 0.05) is 12.6 Å². The van der Waals surface area contributed by atoms with Crippen molar-refractivity contribution < 1.29 is 9.90 Å². The van der Waals surface area contributed by atoms with Crippen molar-refractivity contribution in [2.45, 2.75) is 51.6 Å². The van der Waals surface area contributed by atoms with Gasteiger partial charge in [-0.3, -0.25) is 4.79 Å². The smallest absolute Gasteiger partial charge is 0.237 e. The van der Waals surface area contributed by atoms with Crippen molar-refractivity contribution in [3.63, 3.8) is 0 Å². The fraction of sp³-hybridized carbons (Fsp3) is 0.917. The summed E-state index contributed by atoms with van der Waals surface area (Å²) in [4.78, 5) is 11.9. The first-order valence-corrected chi connectivity index (χ1v) is 6.32. The highest BCUT2D eigenvalue weighted by Crippen LogP contribution is 2.19. The molecular weight excluding hydrogens is 204 g/mol. The van der Waals surface area contributed by atoms with Crippen LogP contribution in [-0.2, 0) is 4.79 Å². The van der Waals surface area contributed by atoms with Gasteiger partial charge in [0.1, 0.15) is 0 Å². The third kappa shape index (κ3) is 4.10. The van der Waals surface area contributed by atoms with E-state index in [1.807, 2.05) is 6.92 Å². The summed E-state index contributed by atoms with van der Waals surface area (Å²) in [6, 6.07) is 0.0149. The molecule has 0 aliphatic carbocycles. The van der Waals surface area contributed by atoms with Crippen LogP contribution in [0.3, 0.4) is 0 Å². The van der Waals surface area contributed by atoms with Gasteiger partial charge >= 0.3 is 0 Å². The molecule has 0 aromatic rings. The molecule has 16 heavy (non-hydrogen) atoms. The highest BCUT2D eigenvalue weighted by atomic mass is 16.3. The molecule has 3 atom stereocenters. The third-order valence-electron chi connectivity index (χ3n) is 3.36. The minimum atomic E-state index is -0.0418. The standard InChI is InChI=1S/C12H24N2O2/c1-3-10-4-6-13-11(8-10)12(16)14-9(2)5-7-15/h9-11,13,15H,3-8H2,1-2H3,(H,14,16). The highest BCUT2D eigenvalue weighted by molar-refractivity contribution is 5.82. The highest BCUT2D eigenvalue weighted by Gasteiger charge is 2.26. The van der Waals surface area contributed by atoms with Crippen LogP contribution in [0.15, 0.2) is 0 Å². The molecule has 1 amide bonds. The molecule has 1 fully saturated rings. The first-order valence-electron chi connectivity index (χ1n) is 6.32. The summed E-state index contributed by atoms with van der Waals surface area (Å²) in [5.74, 6) is 0.754. The van der Waals surface area contributed by atoms with E-state index in [9.17, 15) is 4.79 Å². The number of hydrogen-bond acceptors (Lipinski definition) is 3. The van der Waals surface area contributed by atoms with Crippen LogP contribution in [0, 0.1) is 5.92 Å². The lowest BCUT2D eigenvalue weighted by molar-refractivity contribution is -0.124. The van der Waals surface area contributed by atoms with E-state index in [0.29, 0.717) is 12.3 Å². The lowest BCUT2D eigenvalue weighted by atomic mass is 9.90. The molecule has 0 spiro atoms. The molecule has 0 aromatic carbocycles. The molecule has 1 saturated heterocycles. The number of amides is 1. The molecule has 4 nitrogen and oxygen atoms in total. The monoisotopic (exact) mass is 228 g/mol. The Morgan fingerprint density at radius 1 is 1.62 bits per heavy atom. The van der Waals surface area contributed by atoms with Gasteiger partial charge in [0.25, 0.3) is 0 Å². The Balaban J connectivity index is 2.35. The van der Waals surface area contributed by atoms with Crippen molar-refractivity contribution in [2.24, 2.45) is 5.92 Å². The van der Waals surface area contributed by atoms with Crippen molar-refractivity contribution in [1.82, 2.24) is 10.6 Å². The number of nitrogens with one attached hydrogen (secondary N) is 2. The van der Waals surface area contributed by atoms with E-state index in [2.05, 4.69) is 17.6 Å². The van der Waals surface area contributed by atoms with Crippen LogP contribution >= 0.6 is 0 Å². The molecule has 0 bridgehead atoms.